The molecule has 0 bridgehead atoms. The van der Waals surface area contributed by atoms with Crippen LogP contribution >= 0.6 is 0 Å². The minimum atomic E-state index is -0.237. The number of hydrogen-bond acceptors (Lipinski definition) is 3. The predicted molar refractivity (Wildman–Crippen MR) is 76.8 cm³/mol. The molecule has 1 heterocycles. The maximum atomic E-state index is 11.5. The first-order valence-electron chi connectivity index (χ1n) is 7.71. The molecule has 0 aromatic carbocycles. The number of hydrogen-bond donors (Lipinski definition) is 1. The molecule has 110 valence electrons. The van der Waals surface area contributed by atoms with Gasteiger partial charge in [-0.3, -0.25) is 0 Å². The maximum Gasteiger partial charge on any atom is 0.334 e. The first-order chi connectivity index (χ1) is 9.20. The summed E-state index contributed by atoms with van der Waals surface area (Å²) in [6.45, 7) is 6.22. The van der Waals surface area contributed by atoms with Gasteiger partial charge in [0.25, 0.3) is 0 Å². The Morgan fingerprint density at radius 3 is 2.47 bits per heavy atom. The third kappa shape index (κ3) is 5.35. The van der Waals surface area contributed by atoms with Crippen molar-refractivity contribution < 1.29 is 14.6 Å². The van der Waals surface area contributed by atoms with Gasteiger partial charge in [-0.25, -0.2) is 4.79 Å². The van der Waals surface area contributed by atoms with Gasteiger partial charge < -0.3 is 9.84 Å². The highest BCUT2D eigenvalue weighted by Crippen LogP contribution is 2.33. The predicted octanol–water partition coefficient (Wildman–Crippen LogP) is 3.61. The van der Waals surface area contributed by atoms with Crippen molar-refractivity contribution in [1.29, 1.82) is 0 Å². The lowest BCUT2D eigenvalue weighted by Crippen LogP contribution is -2.17. The van der Waals surface area contributed by atoms with Crippen LogP contribution in [0, 0.1) is 5.92 Å². The molecule has 0 saturated carbocycles. The molecule has 2 unspecified atom stereocenters. The van der Waals surface area contributed by atoms with Crippen LogP contribution in [-0.2, 0) is 9.53 Å². The van der Waals surface area contributed by atoms with Gasteiger partial charge in [-0.1, -0.05) is 45.6 Å². The molecule has 19 heavy (non-hydrogen) atoms. The van der Waals surface area contributed by atoms with Crippen LogP contribution in [0.4, 0.5) is 0 Å². The van der Waals surface area contributed by atoms with E-state index in [1.54, 1.807) is 0 Å². The first kappa shape index (κ1) is 16.2. The van der Waals surface area contributed by atoms with E-state index in [0.717, 1.165) is 19.3 Å². The fourth-order valence-electron chi connectivity index (χ4n) is 2.73. The van der Waals surface area contributed by atoms with E-state index in [0.29, 0.717) is 12.0 Å². The zero-order chi connectivity index (χ0) is 14.1. The molecule has 1 saturated heterocycles. The summed E-state index contributed by atoms with van der Waals surface area (Å²) in [4.78, 5) is 11.5. The zero-order valence-corrected chi connectivity index (χ0v) is 12.2. The van der Waals surface area contributed by atoms with Crippen molar-refractivity contribution in [2.24, 2.45) is 5.92 Å². The van der Waals surface area contributed by atoms with Crippen molar-refractivity contribution in [2.75, 3.05) is 6.61 Å². The molecule has 0 spiro atoms. The smallest absolute Gasteiger partial charge is 0.334 e. The van der Waals surface area contributed by atoms with Crippen LogP contribution in [0.15, 0.2) is 12.2 Å². The first-order valence-corrected chi connectivity index (χ1v) is 7.71. The summed E-state index contributed by atoms with van der Waals surface area (Å²) < 4.78 is 5.39. The number of aliphatic hydroxyl groups excluding tert-OH is 1. The van der Waals surface area contributed by atoms with Gasteiger partial charge in [0.2, 0.25) is 0 Å². The van der Waals surface area contributed by atoms with E-state index in [1.807, 2.05) is 0 Å². The summed E-state index contributed by atoms with van der Waals surface area (Å²) in [6.07, 6.45) is 9.95. The lowest BCUT2D eigenvalue weighted by atomic mass is 9.89. The summed E-state index contributed by atoms with van der Waals surface area (Å²) >= 11 is 0. The molecule has 1 aliphatic rings. The number of ether oxygens (including phenoxy) is 1. The van der Waals surface area contributed by atoms with Gasteiger partial charge in [0.05, 0.1) is 0 Å². The Morgan fingerprint density at radius 2 is 1.79 bits per heavy atom. The average Bonchev–Trinajstić information content (AvgIpc) is 2.67. The molecule has 1 aliphatic heterocycles. The van der Waals surface area contributed by atoms with Crippen molar-refractivity contribution in [3.63, 3.8) is 0 Å². The van der Waals surface area contributed by atoms with Crippen molar-refractivity contribution in [3.8, 4) is 0 Å². The van der Waals surface area contributed by atoms with E-state index in [2.05, 4.69) is 13.5 Å². The van der Waals surface area contributed by atoms with Gasteiger partial charge in [0, 0.05) is 18.1 Å². The van der Waals surface area contributed by atoms with E-state index in [-0.39, 0.29) is 24.6 Å². The van der Waals surface area contributed by atoms with E-state index >= 15 is 0 Å². The standard InChI is InChI=1S/C16H28O3/c1-3-4-5-6-7-8-11-15-14(10-9-12-17)13(2)16(18)19-15/h14-15,17H,2-12H2,1H3. The van der Waals surface area contributed by atoms with Crippen LogP contribution in [-0.4, -0.2) is 23.8 Å². The third-order valence-corrected chi connectivity index (χ3v) is 3.93. The van der Waals surface area contributed by atoms with Gasteiger partial charge in [-0.2, -0.15) is 0 Å². The minimum absolute atomic E-state index is 0.00211. The van der Waals surface area contributed by atoms with Gasteiger partial charge in [0.1, 0.15) is 6.10 Å². The van der Waals surface area contributed by atoms with Crippen LogP contribution in [0.1, 0.15) is 64.7 Å². The fourth-order valence-corrected chi connectivity index (χ4v) is 2.73. The van der Waals surface area contributed by atoms with Gasteiger partial charge >= 0.3 is 5.97 Å². The number of unbranched alkanes of at least 4 members (excludes halogenated alkanes) is 5. The summed E-state index contributed by atoms with van der Waals surface area (Å²) in [6, 6.07) is 0. The summed E-state index contributed by atoms with van der Waals surface area (Å²) in [5, 5.41) is 8.91. The van der Waals surface area contributed by atoms with E-state index in [9.17, 15) is 4.79 Å². The van der Waals surface area contributed by atoms with Gasteiger partial charge in [-0.15, -0.1) is 0 Å². The second-order valence-corrected chi connectivity index (χ2v) is 5.50. The largest absolute Gasteiger partial charge is 0.458 e. The lowest BCUT2D eigenvalue weighted by Gasteiger charge is -2.17. The molecule has 0 aromatic heterocycles. The van der Waals surface area contributed by atoms with E-state index in [4.69, 9.17) is 9.84 Å². The summed E-state index contributed by atoms with van der Waals surface area (Å²) in [5.41, 5.74) is 0.601. The zero-order valence-electron chi connectivity index (χ0n) is 12.2. The number of carbonyl (C=O) groups excluding carboxylic acids is 1. The number of cyclic esters (lactones) is 1. The second kappa shape index (κ2) is 9.13. The van der Waals surface area contributed by atoms with Gasteiger partial charge in [0.15, 0.2) is 0 Å². The Morgan fingerprint density at radius 1 is 1.11 bits per heavy atom. The number of aliphatic hydroxyl groups is 1. The van der Waals surface area contributed by atoms with Crippen LogP contribution in [0.5, 0.6) is 0 Å². The summed E-state index contributed by atoms with van der Waals surface area (Å²) in [7, 11) is 0. The Bertz CT molecular complexity index is 286. The summed E-state index contributed by atoms with van der Waals surface area (Å²) in [5.74, 6) is -0.116. The Labute approximate surface area is 117 Å². The average molecular weight is 268 g/mol. The molecule has 0 radical (unpaired) electrons. The molecule has 3 nitrogen and oxygen atoms in total. The SMILES string of the molecule is C=C1C(=O)OC(CCCCCCCC)C1CCCO. The molecule has 1 N–H and O–H groups in total. The van der Waals surface area contributed by atoms with Crippen molar-refractivity contribution in [1.82, 2.24) is 0 Å². The minimum Gasteiger partial charge on any atom is -0.458 e. The molecule has 1 rings (SSSR count). The normalized spacial score (nSPS) is 22.8. The fraction of sp³-hybridized carbons (Fsp3) is 0.812. The molecule has 0 amide bonds. The van der Waals surface area contributed by atoms with E-state index < -0.39 is 0 Å². The maximum absolute atomic E-state index is 11.5. The molecule has 1 fully saturated rings. The molecule has 3 heteroatoms. The number of rotatable bonds is 10. The third-order valence-electron chi connectivity index (χ3n) is 3.93. The van der Waals surface area contributed by atoms with E-state index in [1.165, 1.54) is 32.1 Å². The van der Waals surface area contributed by atoms with Gasteiger partial charge in [-0.05, 0) is 25.7 Å². The molecular weight excluding hydrogens is 240 g/mol. The highest BCUT2D eigenvalue weighted by Gasteiger charge is 2.37. The van der Waals surface area contributed by atoms with Crippen molar-refractivity contribution in [2.45, 2.75) is 70.8 Å². The molecular formula is C16H28O3. The number of esters is 1. The Kier molecular flexibility index (Phi) is 7.80. The van der Waals surface area contributed by atoms with Crippen LogP contribution in [0.3, 0.4) is 0 Å². The number of carbonyl (C=O) groups is 1. The van der Waals surface area contributed by atoms with Crippen molar-refractivity contribution in [3.05, 3.63) is 12.2 Å². The van der Waals surface area contributed by atoms with Crippen molar-refractivity contribution >= 4 is 5.97 Å². The van der Waals surface area contributed by atoms with Crippen LogP contribution in [0.2, 0.25) is 0 Å². The topological polar surface area (TPSA) is 46.5 Å². The quantitative estimate of drug-likeness (QED) is 0.374. The monoisotopic (exact) mass is 268 g/mol. The van der Waals surface area contributed by atoms with Crippen LogP contribution in [0.25, 0.3) is 0 Å². The molecule has 0 aromatic rings. The second-order valence-electron chi connectivity index (χ2n) is 5.50. The molecule has 0 aliphatic carbocycles. The molecule has 2 atom stereocenters. The Balaban J connectivity index is 2.26. The highest BCUT2D eigenvalue weighted by atomic mass is 16.6. The Hall–Kier alpha value is -0.830. The van der Waals surface area contributed by atoms with Crippen LogP contribution < -0.4 is 0 Å². The highest BCUT2D eigenvalue weighted by molar-refractivity contribution is 5.90. The lowest BCUT2D eigenvalue weighted by molar-refractivity contribution is -0.139.